The summed E-state index contributed by atoms with van der Waals surface area (Å²) in [4.78, 5) is 24.3. The van der Waals surface area contributed by atoms with Crippen molar-refractivity contribution in [2.45, 2.75) is 71.1 Å². The van der Waals surface area contributed by atoms with Gasteiger partial charge in [-0.1, -0.05) is 36.7 Å². The Morgan fingerprint density at radius 3 is 2.66 bits per heavy atom. The highest BCUT2D eigenvalue weighted by Gasteiger charge is 2.37. The molecule has 4 rings (SSSR count). The molecular weight excluding hydrogens is 468 g/mol. The minimum Gasteiger partial charge on any atom is -0.481 e. The maximum absolute atomic E-state index is 13.0. The smallest absolute Gasteiger partial charge is 0.303 e. The summed E-state index contributed by atoms with van der Waals surface area (Å²) in [6, 6.07) is 9.26. The van der Waals surface area contributed by atoms with E-state index in [1.807, 2.05) is 25.1 Å². The Labute approximate surface area is 209 Å². The average Bonchev–Trinajstić information content (AvgIpc) is 3.36. The molecule has 3 aromatic rings. The molecule has 8 heteroatoms. The maximum atomic E-state index is 13.0. The fourth-order valence-corrected chi connectivity index (χ4v) is 4.62. The molecule has 2 N–H and O–H groups in total. The second kappa shape index (κ2) is 10.7. The largest absolute Gasteiger partial charge is 0.481 e. The molecule has 1 aliphatic rings. The lowest BCUT2D eigenvalue weighted by Gasteiger charge is -2.16. The number of rotatable bonds is 11. The number of carbonyl (C=O) groups is 2. The van der Waals surface area contributed by atoms with Gasteiger partial charge in [0.1, 0.15) is 5.76 Å². The van der Waals surface area contributed by atoms with E-state index in [2.05, 4.69) is 24.3 Å². The second-order valence-electron chi connectivity index (χ2n) is 9.81. The first kappa shape index (κ1) is 25.0. The van der Waals surface area contributed by atoms with Crippen molar-refractivity contribution in [2.75, 3.05) is 5.32 Å². The van der Waals surface area contributed by atoms with Gasteiger partial charge in [-0.2, -0.15) is 0 Å². The number of nitrogens with zero attached hydrogens (tertiary/aromatic N) is 1. The highest BCUT2D eigenvalue weighted by atomic mass is 35.5. The summed E-state index contributed by atoms with van der Waals surface area (Å²) < 4.78 is 11.8. The molecule has 0 aliphatic heterocycles. The number of nitrogens with one attached hydrogen (secondary N) is 1. The Hall–Kier alpha value is -3.06. The number of amides is 1. The second-order valence-corrected chi connectivity index (χ2v) is 10.2. The zero-order valence-corrected chi connectivity index (χ0v) is 21.0. The minimum absolute atomic E-state index is 0.0694. The van der Waals surface area contributed by atoms with E-state index in [1.54, 1.807) is 12.1 Å². The number of carbonyl (C=O) groups excluding carboxylic acids is 1. The summed E-state index contributed by atoms with van der Waals surface area (Å²) in [6.45, 7) is 6.18. The van der Waals surface area contributed by atoms with Gasteiger partial charge in [0, 0.05) is 30.7 Å². The molecule has 7 nitrogen and oxygen atoms in total. The number of benzene rings is 1. The molecule has 1 aliphatic carbocycles. The Balaban J connectivity index is 1.60. The van der Waals surface area contributed by atoms with Crippen LogP contribution in [0.5, 0.6) is 0 Å². The molecule has 0 saturated heterocycles. The van der Waals surface area contributed by atoms with E-state index in [-0.39, 0.29) is 31.1 Å². The lowest BCUT2D eigenvalue weighted by Crippen LogP contribution is -2.17. The Bertz CT molecular complexity index is 1210. The summed E-state index contributed by atoms with van der Waals surface area (Å²) in [6.07, 6.45) is 3.08. The Morgan fingerprint density at radius 2 is 2.00 bits per heavy atom. The fourth-order valence-electron chi connectivity index (χ4n) is 4.34. The SMILES string of the molecule is Cc1ccc(NC(=O)C[C@H](CCC(=O)O)c2noc(-c3ccc(CC(C)C)o3)c2C2CC2)c(Cl)c1. The molecule has 0 bridgehead atoms. The summed E-state index contributed by atoms with van der Waals surface area (Å²) >= 11 is 6.28. The Kier molecular flexibility index (Phi) is 7.65. The summed E-state index contributed by atoms with van der Waals surface area (Å²) in [7, 11) is 0. The number of anilines is 1. The lowest BCUT2D eigenvalue weighted by molar-refractivity contribution is -0.137. The zero-order chi connectivity index (χ0) is 25.1. The van der Waals surface area contributed by atoms with Gasteiger partial charge in [0.2, 0.25) is 11.7 Å². The van der Waals surface area contributed by atoms with E-state index >= 15 is 0 Å². The highest BCUT2D eigenvalue weighted by molar-refractivity contribution is 6.33. The van der Waals surface area contributed by atoms with Crippen molar-refractivity contribution in [3.63, 3.8) is 0 Å². The molecule has 1 fully saturated rings. The van der Waals surface area contributed by atoms with Crippen LogP contribution in [0.25, 0.3) is 11.5 Å². The number of furan rings is 1. The average molecular weight is 499 g/mol. The Morgan fingerprint density at radius 1 is 1.23 bits per heavy atom. The van der Waals surface area contributed by atoms with Gasteiger partial charge in [-0.25, -0.2) is 0 Å². The van der Waals surface area contributed by atoms with Gasteiger partial charge in [-0.3, -0.25) is 9.59 Å². The molecule has 2 heterocycles. The molecule has 2 aromatic heterocycles. The van der Waals surface area contributed by atoms with Crippen LogP contribution in [0.1, 0.15) is 80.4 Å². The van der Waals surface area contributed by atoms with E-state index in [9.17, 15) is 14.7 Å². The molecule has 0 unspecified atom stereocenters. The standard InChI is InChI=1S/C27H31ClN2O5/c1-15(2)12-19-8-10-22(34-19)27-25(17-5-6-17)26(30-35-27)18(7-11-24(32)33)14-23(31)29-21-9-4-16(3)13-20(21)28/h4,8-10,13,15,17-18H,5-7,11-12,14H2,1-3H3,(H,29,31)(H,32,33)/t18-/m0/s1. The highest BCUT2D eigenvalue weighted by Crippen LogP contribution is 2.49. The van der Waals surface area contributed by atoms with Gasteiger partial charge < -0.3 is 19.4 Å². The third-order valence-electron chi connectivity index (χ3n) is 6.16. The predicted octanol–water partition coefficient (Wildman–Crippen LogP) is 6.95. The molecule has 1 aromatic carbocycles. The normalized spacial score (nSPS) is 14.3. The van der Waals surface area contributed by atoms with Crippen LogP contribution < -0.4 is 5.32 Å². The number of aryl methyl sites for hydroxylation is 1. The number of carboxylic acids is 1. The van der Waals surface area contributed by atoms with Crippen molar-refractivity contribution in [2.24, 2.45) is 5.92 Å². The van der Waals surface area contributed by atoms with E-state index in [0.717, 1.165) is 36.1 Å². The van der Waals surface area contributed by atoms with Crippen molar-refractivity contribution in [3.8, 4) is 11.5 Å². The van der Waals surface area contributed by atoms with Crippen molar-refractivity contribution >= 4 is 29.2 Å². The summed E-state index contributed by atoms with van der Waals surface area (Å²) in [5.41, 5.74) is 3.10. The summed E-state index contributed by atoms with van der Waals surface area (Å²) in [5.74, 6) is 1.23. The van der Waals surface area contributed by atoms with Crippen LogP contribution in [-0.2, 0) is 16.0 Å². The number of hydrogen-bond acceptors (Lipinski definition) is 5. The molecular formula is C27H31ClN2O5. The maximum Gasteiger partial charge on any atom is 0.303 e. The molecule has 35 heavy (non-hydrogen) atoms. The van der Waals surface area contributed by atoms with Crippen molar-refractivity contribution in [3.05, 3.63) is 57.9 Å². The van der Waals surface area contributed by atoms with Crippen LogP contribution in [0, 0.1) is 12.8 Å². The molecule has 1 atom stereocenters. The zero-order valence-electron chi connectivity index (χ0n) is 20.3. The number of hydrogen-bond donors (Lipinski definition) is 2. The minimum atomic E-state index is -0.918. The van der Waals surface area contributed by atoms with E-state index in [0.29, 0.717) is 33.8 Å². The van der Waals surface area contributed by atoms with E-state index in [1.165, 1.54) is 0 Å². The number of aliphatic carboxylic acids is 1. The van der Waals surface area contributed by atoms with Gasteiger partial charge in [-0.15, -0.1) is 0 Å². The third-order valence-corrected chi connectivity index (χ3v) is 6.47. The number of halogens is 1. The van der Waals surface area contributed by atoms with Gasteiger partial charge in [0.15, 0.2) is 5.76 Å². The first-order valence-corrected chi connectivity index (χ1v) is 12.5. The number of aromatic nitrogens is 1. The summed E-state index contributed by atoms with van der Waals surface area (Å²) in [5, 5.41) is 17.0. The van der Waals surface area contributed by atoms with Gasteiger partial charge >= 0.3 is 5.97 Å². The van der Waals surface area contributed by atoms with Crippen LogP contribution in [0.4, 0.5) is 5.69 Å². The quantitative estimate of drug-likeness (QED) is 0.296. The van der Waals surface area contributed by atoms with Gasteiger partial charge in [-0.05, 0) is 67.9 Å². The van der Waals surface area contributed by atoms with Crippen LogP contribution in [-0.4, -0.2) is 22.1 Å². The fraction of sp³-hybridized carbons (Fsp3) is 0.444. The van der Waals surface area contributed by atoms with Crippen LogP contribution in [0.3, 0.4) is 0 Å². The van der Waals surface area contributed by atoms with Crippen LogP contribution in [0.2, 0.25) is 5.02 Å². The number of carboxylic acid groups (broad SMARTS) is 1. The molecule has 0 radical (unpaired) electrons. The lowest BCUT2D eigenvalue weighted by atomic mass is 9.90. The predicted molar refractivity (Wildman–Crippen MR) is 134 cm³/mol. The molecule has 1 saturated carbocycles. The van der Waals surface area contributed by atoms with E-state index < -0.39 is 11.9 Å². The van der Waals surface area contributed by atoms with Crippen molar-refractivity contribution in [1.29, 1.82) is 0 Å². The molecule has 1 amide bonds. The van der Waals surface area contributed by atoms with E-state index in [4.69, 9.17) is 20.5 Å². The monoisotopic (exact) mass is 498 g/mol. The first-order chi connectivity index (χ1) is 16.7. The first-order valence-electron chi connectivity index (χ1n) is 12.1. The van der Waals surface area contributed by atoms with Gasteiger partial charge in [0.05, 0.1) is 16.4 Å². The topological polar surface area (TPSA) is 106 Å². The third kappa shape index (κ3) is 6.34. The van der Waals surface area contributed by atoms with Crippen molar-refractivity contribution < 1.29 is 23.6 Å². The molecule has 186 valence electrons. The van der Waals surface area contributed by atoms with Crippen molar-refractivity contribution in [1.82, 2.24) is 5.16 Å². The van der Waals surface area contributed by atoms with Gasteiger partial charge in [0.25, 0.3) is 0 Å². The van der Waals surface area contributed by atoms with Crippen LogP contribution >= 0.6 is 11.6 Å². The molecule has 0 spiro atoms. The van der Waals surface area contributed by atoms with Crippen LogP contribution in [0.15, 0.2) is 39.3 Å².